The molecule has 92 valence electrons. The molecule has 4 nitrogen and oxygen atoms in total. The number of carbonyl (C=O) groups excluding carboxylic acids is 1. The smallest absolute Gasteiger partial charge is 0.321 e. The van der Waals surface area contributed by atoms with Crippen molar-refractivity contribution in [3.63, 3.8) is 0 Å². The minimum atomic E-state index is -0.0841. The zero-order valence-electron chi connectivity index (χ0n) is 9.53. The van der Waals surface area contributed by atoms with Gasteiger partial charge < -0.3 is 16.0 Å². The summed E-state index contributed by atoms with van der Waals surface area (Å²) in [4.78, 5) is 13.7. The molecule has 2 rings (SSSR count). The number of nitrogens with zero attached hydrogens (tertiary/aromatic N) is 1. The van der Waals surface area contributed by atoms with Gasteiger partial charge in [0.15, 0.2) is 0 Å². The Bertz CT molecular complexity index is 402. The Labute approximate surface area is 106 Å². The van der Waals surface area contributed by atoms with Crippen LogP contribution in [0.2, 0.25) is 5.02 Å². The van der Waals surface area contributed by atoms with Gasteiger partial charge in [-0.1, -0.05) is 17.7 Å². The van der Waals surface area contributed by atoms with Crippen molar-refractivity contribution in [1.82, 2.24) is 4.90 Å². The van der Waals surface area contributed by atoms with Gasteiger partial charge in [-0.05, 0) is 31.0 Å². The lowest BCUT2D eigenvalue weighted by molar-refractivity contribution is 0.195. The normalized spacial score (nSPS) is 16.9. The molecule has 1 aliphatic heterocycles. The van der Waals surface area contributed by atoms with Crippen LogP contribution in [0.25, 0.3) is 0 Å². The van der Waals surface area contributed by atoms with Crippen molar-refractivity contribution in [3.05, 3.63) is 29.3 Å². The number of halogens is 1. The molecule has 3 N–H and O–H groups in total. The maximum Gasteiger partial charge on any atom is 0.321 e. The third-order valence-electron chi connectivity index (χ3n) is 2.90. The lowest BCUT2D eigenvalue weighted by atomic mass is 10.1. The van der Waals surface area contributed by atoms with E-state index >= 15 is 0 Å². The molecule has 17 heavy (non-hydrogen) atoms. The molecule has 0 aromatic heterocycles. The number of likely N-dealkylation sites (tertiary alicyclic amines) is 1. The van der Waals surface area contributed by atoms with Crippen LogP contribution < -0.4 is 11.1 Å². The summed E-state index contributed by atoms with van der Waals surface area (Å²) in [5, 5.41) is 3.44. The van der Waals surface area contributed by atoms with Crippen molar-refractivity contribution in [1.29, 1.82) is 0 Å². The number of hydrogen-bond donors (Lipinski definition) is 2. The zero-order chi connectivity index (χ0) is 12.3. The Morgan fingerprint density at radius 2 is 2.12 bits per heavy atom. The van der Waals surface area contributed by atoms with Crippen LogP contribution >= 0.6 is 11.6 Å². The van der Waals surface area contributed by atoms with E-state index in [-0.39, 0.29) is 12.1 Å². The van der Waals surface area contributed by atoms with Crippen molar-refractivity contribution >= 4 is 23.3 Å². The van der Waals surface area contributed by atoms with Gasteiger partial charge in [0.1, 0.15) is 0 Å². The molecule has 0 spiro atoms. The van der Waals surface area contributed by atoms with E-state index in [9.17, 15) is 4.79 Å². The summed E-state index contributed by atoms with van der Waals surface area (Å²) in [6.07, 6.45) is 1.73. The first kappa shape index (κ1) is 12.2. The standard InChI is InChI=1S/C12H16ClN3O/c13-9-2-1-3-11(8-9)15-12(17)16-6-4-10(14)5-7-16/h1-3,8,10H,4-7,14H2,(H,15,17). The van der Waals surface area contributed by atoms with Crippen LogP contribution in [0.15, 0.2) is 24.3 Å². The first-order valence-corrected chi connectivity index (χ1v) is 6.10. The highest BCUT2D eigenvalue weighted by Gasteiger charge is 2.20. The number of amides is 2. The molecule has 1 saturated heterocycles. The molecular weight excluding hydrogens is 238 g/mol. The summed E-state index contributed by atoms with van der Waals surface area (Å²) in [5.41, 5.74) is 6.51. The van der Waals surface area contributed by atoms with Crippen molar-refractivity contribution in [2.75, 3.05) is 18.4 Å². The fourth-order valence-electron chi connectivity index (χ4n) is 1.87. The van der Waals surface area contributed by atoms with Crippen LogP contribution in [-0.2, 0) is 0 Å². The lowest BCUT2D eigenvalue weighted by Crippen LogP contribution is -2.44. The van der Waals surface area contributed by atoms with E-state index in [4.69, 9.17) is 17.3 Å². The molecule has 0 atom stereocenters. The number of anilines is 1. The summed E-state index contributed by atoms with van der Waals surface area (Å²) in [6, 6.07) is 7.28. The van der Waals surface area contributed by atoms with Crippen molar-refractivity contribution in [2.24, 2.45) is 5.73 Å². The molecular formula is C12H16ClN3O. The largest absolute Gasteiger partial charge is 0.328 e. The Hall–Kier alpha value is -1.26. The van der Waals surface area contributed by atoms with Gasteiger partial charge in [0.2, 0.25) is 0 Å². The van der Waals surface area contributed by atoms with Gasteiger partial charge in [-0.3, -0.25) is 0 Å². The number of nitrogens with one attached hydrogen (secondary N) is 1. The molecule has 0 saturated carbocycles. The third-order valence-corrected chi connectivity index (χ3v) is 3.14. The number of urea groups is 1. The molecule has 5 heteroatoms. The van der Waals surface area contributed by atoms with Gasteiger partial charge in [-0.15, -0.1) is 0 Å². The number of piperidine rings is 1. The predicted molar refractivity (Wildman–Crippen MR) is 69.3 cm³/mol. The SMILES string of the molecule is NC1CCN(C(=O)Nc2cccc(Cl)c2)CC1. The van der Waals surface area contributed by atoms with Gasteiger partial charge in [-0.2, -0.15) is 0 Å². The second kappa shape index (κ2) is 5.38. The van der Waals surface area contributed by atoms with Gasteiger partial charge >= 0.3 is 6.03 Å². The van der Waals surface area contributed by atoms with Gasteiger partial charge in [0.05, 0.1) is 0 Å². The van der Waals surface area contributed by atoms with E-state index in [1.165, 1.54) is 0 Å². The zero-order valence-corrected chi connectivity index (χ0v) is 10.3. The van der Waals surface area contributed by atoms with E-state index in [0.29, 0.717) is 18.1 Å². The molecule has 0 radical (unpaired) electrons. The van der Waals surface area contributed by atoms with Crippen LogP contribution in [0.1, 0.15) is 12.8 Å². The molecule has 1 aromatic rings. The molecule has 1 aromatic carbocycles. The van der Waals surface area contributed by atoms with Crippen molar-refractivity contribution in [2.45, 2.75) is 18.9 Å². The molecule has 0 unspecified atom stereocenters. The van der Waals surface area contributed by atoms with Gasteiger partial charge in [0.25, 0.3) is 0 Å². The number of rotatable bonds is 1. The molecule has 1 aliphatic rings. The Morgan fingerprint density at radius 3 is 2.76 bits per heavy atom. The van der Waals surface area contributed by atoms with Crippen molar-refractivity contribution < 1.29 is 4.79 Å². The summed E-state index contributed by atoms with van der Waals surface area (Å²) < 4.78 is 0. The number of nitrogens with two attached hydrogens (primary N) is 1. The lowest BCUT2D eigenvalue weighted by Gasteiger charge is -2.30. The highest BCUT2D eigenvalue weighted by atomic mass is 35.5. The van der Waals surface area contributed by atoms with Crippen LogP contribution in [0.5, 0.6) is 0 Å². The molecule has 0 bridgehead atoms. The van der Waals surface area contributed by atoms with Crippen molar-refractivity contribution in [3.8, 4) is 0 Å². The van der Waals surface area contributed by atoms with E-state index in [1.54, 1.807) is 17.0 Å². The third kappa shape index (κ3) is 3.35. The highest BCUT2D eigenvalue weighted by molar-refractivity contribution is 6.30. The summed E-state index contributed by atoms with van der Waals surface area (Å²) in [6.45, 7) is 1.43. The van der Waals surface area contributed by atoms with Gasteiger partial charge in [0, 0.05) is 29.8 Å². The molecule has 1 heterocycles. The summed E-state index contributed by atoms with van der Waals surface area (Å²) in [5.74, 6) is 0. The topological polar surface area (TPSA) is 58.4 Å². The Balaban J connectivity index is 1.93. The van der Waals surface area contributed by atoms with Crippen LogP contribution in [-0.4, -0.2) is 30.1 Å². The maximum atomic E-state index is 11.9. The first-order valence-electron chi connectivity index (χ1n) is 5.72. The van der Waals surface area contributed by atoms with Crippen LogP contribution in [0, 0.1) is 0 Å². The average molecular weight is 254 g/mol. The molecule has 2 amide bonds. The minimum absolute atomic E-state index is 0.0841. The number of carbonyl (C=O) groups is 1. The number of benzene rings is 1. The van der Waals surface area contributed by atoms with Crippen LogP contribution in [0.4, 0.5) is 10.5 Å². The predicted octanol–water partition coefficient (Wildman–Crippen LogP) is 2.29. The first-order chi connectivity index (χ1) is 8.15. The minimum Gasteiger partial charge on any atom is -0.328 e. The van der Waals surface area contributed by atoms with Crippen LogP contribution in [0.3, 0.4) is 0 Å². The fourth-order valence-corrected chi connectivity index (χ4v) is 2.06. The van der Waals surface area contributed by atoms with E-state index in [2.05, 4.69) is 5.32 Å². The monoisotopic (exact) mass is 253 g/mol. The molecule has 0 aliphatic carbocycles. The highest BCUT2D eigenvalue weighted by Crippen LogP contribution is 2.16. The number of hydrogen-bond acceptors (Lipinski definition) is 2. The molecule has 1 fully saturated rings. The second-order valence-corrected chi connectivity index (χ2v) is 4.70. The summed E-state index contributed by atoms with van der Waals surface area (Å²) >= 11 is 5.85. The Morgan fingerprint density at radius 1 is 1.41 bits per heavy atom. The summed E-state index contributed by atoms with van der Waals surface area (Å²) in [7, 11) is 0. The van der Waals surface area contributed by atoms with E-state index in [0.717, 1.165) is 18.5 Å². The van der Waals surface area contributed by atoms with E-state index < -0.39 is 0 Å². The van der Waals surface area contributed by atoms with E-state index in [1.807, 2.05) is 12.1 Å². The second-order valence-electron chi connectivity index (χ2n) is 4.26. The fraction of sp³-hybridized carbons (Fsp3) is 0.417. The Kier molecular flexibility index (Phi) is 3.86. The van der Waals surface area contributed by atoms with Gasteiger partial charge in [-0.25, -0.2) is 4.79 Å². The maximum absolute atomic E-state index is 11.9. The quantitative estimate of drug-likeness (QED) is 0.807. The average Bonchev–Trinajstić information content (AvgIpc) is 2.29.